The van der Waals surface area contributed by atoms with E-state index in [0.29, 0.717) is 6.54 Å². The van der Waals surface area contributed by atoms with Crippen LogP contribution in [0.25, 0.3) is 10.9 Å². The number of nitrogens with zero attached hydrogens (tertiary/aromatic N) is 2. The number of hydrogen-bond donors (Lipinski definition) is 1. The molecule has 4 nitrogen and oxygen atoms in total. The number of urea groups is 1. The third-order valence-corrected chi connectivity index (χ3v) is 4.34. The molecule has 0 spiro atoms. The summed E-state index contributed by atoms with van der Waals surface area (Å²) >= 11 is 0. The molecular formula is C21H23N3O. The predicted molar refractivity (Wildman–Crippen MR) is 103 cm³/mol. The Bertz CT molecular complexity index is 890. The lowest BCUT2D eigenvalue weighted by Gasteiger charge is -2.23. The van der Waals surface area contributed by atoms with Crippen molar-refractivity contribution < 1.29 is 4.79 Å². The van der Waals surface area contributed by atoms with Crippen molar-refractivity contribution in [1.82, 2.24) is 4.98 Å². The number of aromatic nitrogens is 1. The number of carbonyl (C=O) groups excluding carboxylic acids is 1. The van der Waals surface area contributed by atoms with Gasteiger partial charge >= 0.3 is 6.03 Å². The first-order valence-corrected chi connectivity index (χ1v) is 8.36. The molecule has 0 radical (unpaired) electrons. The van der Waals surface area contributed by atoms with Gasteiger partial charge in [0.05, 0.1) is 17.7 Å². The minimum absolute atomic E-state index is 0.100. The number of nitrogens with two attached hydrogens (primary N) is 1. The smallest absolute Gasteiger partial charge is 0.319 e. The number of benzene rings is 2. The van der Waals surface area contributed by atoms with Crippen molar-refractivity contribution in [3.05, 3.63) is 71.9 Å². The summed E-state index contributed by atoms with van der Waals surface area (Å²) in [6.45, 7) is 6.97. The Morgan fingerprint density at radius 2 is 1.76 bits per heavy atom. The van der Waals surface area contributed by atoms with E-state index in [-0.39, 0.29) is 5.41 Å². The van der Waals surface area contributed by atoms with Gasteiger partial charge in [0.2, 0.25) is 0 Å². The van der Waals surface area contributed by atoms with Gasteiger partial charge < -0.3 is 5.73 Å². The first-order chi connectivity index (χ1) is 11.9. The molecule has 0 fully saturated rings. The molecule has 0 atom stereocenters. The SMILES string of the molecule is CC(C)(C)c1ccc(CN(C(N)=O)c2cccc3ncccc23)cc1. The van der Waals surface area contributed by atoms with Crippen molar-refractivity contribution in [3.8, 4) is 0 Å². The maximum atomic E-state index is 12.1. The summed E-state index contributed by atoms with van der Waals surface area (Å²) in [5, 5.41) is 0.912. The fraction of sp³-hybridized carbons (Fsp3) is 0.238. The van der Waals surface area contributed by atoms with Crippen LogP contribution < -0.4 is 10.6 Å². The zero-order valence-electron chi connectivity index (χ0n) is 14.9. The lowest BCUT2D eigenvalue weighted by Crippen LogP contribution is -2.35. The van der Waals surface area contributed by atoms with Gasteiger partial charge in [-0.05, 0) is 40.8 Å². The van der Waals surface area contributed by atoms with Crippen LogP contribution in [-0.2, 0) is 12.0 Å². The molecule has 0 aliphatic rings. The molecule has 0 saturated carbocycles. The van der Waals surface area contributed by atoms with E-state index in [1.54, 1.807) is 11.1 Å². The zero-order chi connectivity index (χ0) is 18.0. The van der Waals surface area contributed by atoms with Gasteiger partial charge in [-0.15, -0.1) is 0 Å². The maximum absolute atomic E-state index is 12.1. The van der Waals surface area contributed by atoms with Gasteiger partial charge in [0, 0.05) is 11.6 Å². The van der Waals surface area contributed by atoms with Crippen molar-refractivity contribution in [1.29, 1.82) is 0 Å². The third kappa shape index (κ3) is 3.63. The quantitative estimate of drug-likeness (QED) is 0.760. The first-order valence-electron chi connectivity index (χ1n) is 8.36. The average molecular weight is 333 g/mol. The molecule has 3 aromatic rings. The molecule has 4 heteroatoms. The van der Waals surface area contributed by atoms with E-state index in [0.717, 1.165) is 22.2 Å². The molecule has 1 aromatic heterocycles. The standard InChI is InChI=1S/C21H23N3O/c1-21(2,3)16-11-9-15(10-12-16)14-24(20(22)25)19-8-4-7-18-17(19)6-5-13-23-18/h4-13H,14H2,1-3H3,(H2,22,25). The minimum Gasteiger partial charge on any atom is -0.351 e. The molecule has 1 heterocycles. The monoisotopic (exact) mass is 333 g/mol. The summed E-state index contributed by atoms with van der Waals surface area (Å²) in [5.41, 5.74) is 9.69. The topological polar surface area (TPSA) is 59.2 Å². The second-order valence-electron chi connectivity index (χ2n) is 7.22. The Morgan fingerprint density at radius 1 is 1.04 bits per heavy atom. The second kappa shape index (κ2) is 6.55. The van der Waals surface area contributed by atoms with E-state index in [1.807, 2.05) is 30.3 Å². The van der Waals surface area contributed by atoms with Crippen molar-refractivity contribution in [2.24, 2.45) is 5.73 Å². The van der Waals surface area contributed by atoms with Gasteiger partial charge in [-0.2, -0.15) is 0 Å². The van der Waals surface area contributed by atoms with Gasteiger partial charge in [-0.3, -0.25) is 9.88 Å². The minimum atomic E-state index is -0.476. The van der Waals surface area contributed by atoms with Crippen LogP contribution >= 0.6 is 0 Å². The van der Waals surface area contributed by atoms with Crippen LogP contribution in [0.15, 0.2) is 60.8 Å². The molecule has 0 bridgehead atoms. The molecule has 3 rings (SSSR count). The van der Waals surface area contributed by atoms with Gasteiger partial charge in [0.15, 0.2) is 0 Å². The van der Waals surface area contributed by atoms with E-state index in [2.05, 4.69) is 50.0 Å². The summed E-state index contributed by atoms with van der Waals surface area (Å²) in [6.07, 6.45) is 1.74. The molecule has 128 valence electrons. The Morgan fingerprint density at radius 3 is 2.40 bits per heavy atom. The van der Waals surface area contributed by atoms with Crippen LogP contribution in [0, 0.1) is 0 Å². The van der Waals surface area contributed by atoms with E-state index < -0.39 is 6.03 Å². The Labute approximate surface area is 148 Å². The number of anilines is 1. The highest BCUT2D eigenvalue weighted by Gasteiger charge is 2.17. The molecule has 2 amide bonds. The summed E-state index contributed by atoms with van der Waals surface area (Å²) in [7, 11) is 0. The largest absolute Gasteiger partial charge is 0.351 e. The van der Waals surface area contributed by atoms with E-state index in [4.69, 9.17) is 5.73 Å². The highest BCUT2D eigenvalue weighted by Crippen LogP contribution is 2.27. The molecule has 0 aliphatic heterocycles. The van der Waals surface area contributed by atoms with Crippen molar-refractivity contribution >= 4 is 22.6 Å². The highest BCUT2D eigenvalue weighted by atomic mass is 16.2. The van der Waals surface area contributed by atoms with Gasteiger partial charge in [-0.25, -0.2) is 4.79 Å². The first kappa shape index (κ1) is 17.0. The molecule has 0 aliphatic carbocycles. The third-order valence-electron chi connectivity index (χ3n) is 4.34. The van der Waals surface area contributed by atoms with Crippen molar-refractivity contribution in [3.63, 3.8) is 0 Å². The van der Waals surface area contributed by atoms with E-state index >= 15 is 0 Å². The summed E-state index contributed by atoms with van der Waals surface area (Å²) < 4.78 is 0. The van der Waals surface area contributed by atoms with Crippen molar-refractivity contribution in [2.75, 3.05) is 4.90 Å². The van der Waals surface area contributed by atoms with Crippen LogP contribution in [-0.4, -0.2) is 11.0 Å². The van der Waals surface area contributed by atoms with Crippen molar-refractivity contribution in [2.45, 2.75) is 32.7 Å². The van der Waals surface area contributed by atoms with E-state index in [9.17, 15) is 4.79 Å². The molecule has 2 N–H and O–H groups in total. The van der Waals surface area contributed by atoms with Crippen LogP contribution in [0.2, 0.25) is 0 Å². The molecule has 25 heavy (non-hydrogen) atoms. The number of rotatable bonds is 3. The van der Waals surface area contributed by atoms with E-state index in [1.165, 1.54) is 5.56 Å². The van der Waals surface area contributed by atoms with Crippen LogP contribution in [0.5, 0.6) is 0 Å². The Balaban J connectivity index is 1.96. The lowest BCUT2D eigenvalue weighted by atomic mass is 9.87. The van der Waals surface area contributed by atoms with Crippen LogP contribution in [0.4, 0.5) is 10.5 Å². The number of carbonyl (C=O) groups is 1. The normalized spacial score (nSPS) is 11.5. The lowest BCUT2D eigenvalue weighted by molar-refractivity contribution is 0.253. The Hall–Kier alpha value is -2.88. The fourth-order valence-electron chi connectivity index (χ4n) is 2.90. The van der Waals surface area contributed by atoms with Gasteiger partial charge in [0.1, 0.15) is 0 Å². The molecule has 0 unspecified atom stereocenters. The number of hydrogen-bond acceptors (Lipinski definition) is 2. The molecule has 2 aromatic carbocycles. The number of primary amides is 1. The highest BCUT2D eigenvalue weighted by molar-refractivity contribution is 6.01. The fourth-order valence-corrected chi connectivity index (χ4v) is 2.90. The maximum Gasteiger partial charge on any atom is 0.319 e. The predicted octanol–water partition coefficient (Wildman–Crippen LogP) is 4.62. The summed E-state index contributed by atoms with van der Waals surface area (Å²) in [5.74, 6) is 0. The van der Waals surface area contributed by atoms with Gasteiger partial charge in [0.25, 0.3) is 0 Å². The number of amides is 2. The average Bonchev–Trinajstić information content (AvgIpc) is 2.59. The van der Waals surface area contributed by atoms with Crippen LogP contribution in [0.1, 0.15) is 31.9 Å². The summed E-state index contributed by atoms with van der Waals surface area (Å²) in [6, 6.07) is 17.4. The Kier molecular flexibility index (Phi) is 4.45. The van der Waals surface area contributed by atoms with Crippen LogP contribution in [0.3, 0.4) is 0 Å². The molecule has 0 saturated heterocycles. The molecular weight excluding hydrogens is 310 g/mol. The zero-order valence-corrected chi connectivity index (χ0v) is 14.9. The van der Waals surface area contributed by atoms with Gasteiger partial charge in [-0.1, -0.05) is 51.1 Å². The number of fused-ring (bicyclic) bond motifs is 1. The number of pyridine rings is 1. The summed E-state index contributed by atoms with van der Waals surface area (Å²) in [4.78, 5) is 18.0. The second-order valence-corrected chi connectivity index (χ2v) is 7.22.